The van der Waals surface area contributed by atoms with Crippen molar-refractivity contribution in [1.82, 2.24) is 10.6 Å². The van der Waals surface area contributed by atoms with Crippen LogP contribution in [0.1, 0.15) is 5.56 Å². The highest BCUT2D eigenvalue weighted by atomic mass is 32.2. The highest BCUT2D eigenvalue weighted by Crippen LogP contribution is 2.22. The number of carbonyl (C=O) groups excluding carboxylic acids is 2. The molecule has 1 heterocycles. The zero-order chi connectivity index (χ0) is 20.3. The van der Waals surface area contributed by atoms with E-state index in [9.17, 15) is 18.0 Å². The molecule has 10 heteroatoms. The van der Waals surface area contributed by atoms with E-state index in [0.717, 1.165) is 0 Å². The van der Waals surface area contributed by atoms with E-state index in [1.54, 1.807) is 0 Å². The molecule has 144 valence electrons. The molecule has 1 fully saturated rings. The maximum absolute atomic E-state index is 12.3. The van der Waals surface area contributed by atoms with E-state index in [1.807, 2.05) is 0 Å². The molecule has 2 aromatic rings. The number of rotatable bonds is 5. The minimum Gasteiger partial charge on any atom is -0.497 e. The van der Waals surface area contributed by atoms with E-state index in [0.29, 0.717) is 11.3 Å². The van der Waals surface area contributed by atoms with Gasteiger partial charge in [-0.25, -0.2) is 0 Å². The second kappa shape index (κ2) is 7.79. The first-order valence-electron chi connectivity index (χ1n) is 7.85. The number of ether oxygens (including phenoxy) is 1. The molecule has 0 aliphatic carbocycles. The summed E-state index contributed by atoms with van der Waals surface area (Å²) in [6, 6.07) is 11.6. The number of methoxy groups -OCH3 is 1. The molecule has 0 unspecified atom stereocenters. The van der Waals surface area contributed by atoms with Crippen molar-refractivity contribution in [2.24, 2.45) is 0 Å². The van der Waals surface area contributed by atoms with E-state index in [-0.39, 0.29) is 21.3 Å². The molecule has 1 aliphatic heterocycles. The molecular formula is C18H14N2O6S2. The van der Waals surface area contributed by atoms with Gasteiger partial charge in [0.25, 0.3) is 11.8 Å². The number of hydrogen-bond donors (Lipinski definition) is 2. The molecule has 1 saturated heterocycles. The van der Waals surface area contributed by atoms with E-state index < -0.39 is 21.9 Å². The fourth-order valence-corrected chi connectivity index (χ4v) is 3.43. The third kappa shape index (κ3) is 4.35. The van der Waals surface area contributed by atoms with Crippen molar-refractivity contribution in [1.29, 1.82) is 0 Å². The summed E-state index contributed by atoms with van der Waals surface area (Å²) in [5.74, 6) is -0.628. The average Bonchev–Trinajstić information content (AvgIpc) is 2.66. The molecule has 2 aromatic carbocycles. The van der Waals surface area contributed by atoms with Gasteiger partial charge in [0.2, 0.25) is 0 Å². The van der Waals surface area contributed by atoms with Crippen molar-refractivity contribution in [3.05, 3.63) is 59.7 Å². The first-order valence-corrected chi connectivity index (χ1v) is 9.67. The van der Waals surface area contributed by atoms with Gasteiger partial charge >= 0.3 is 10.1 Å². The van der Waals surface area contributed by atoms with Crippen LogP contribution in [-0.4, -0.2) is 32.5 Å². The summed E-state index contributed by atoms with van der Waals surface area (Å²) >= 11 is 4.73. The van der Waals surface area contributed by atoms with E-state index in [2.05, 4.69) is 10.6 Å². The Labute approximate surface area is 166 Å². The van der Waals surface area contributed by atoms with Gasteiger partial charge in [0.05, 0.1) is 7.11 Å². The number of benzene rings is 2. The number of nitrogens with one attached hydrogen (secondary N) is 2. The fraction of sp³-hybridized carbons (Fsp3) is 0.0556. The summed E-state index contributed by atoms with van der Waals surface area (Å²) in [7, 11) is -2.54. The van der Waals surface area contributed by atoms with Crippen LogP contribution in [0.2, 0.25) is 0 Å². The molecule has 2 amide bonds. The van der Waals surface area contributed by atoms with Crippen LogP contribution < -0.4 is 19.6 Å². The van der Waals surface area contributed by atoms with E-state index >= 15 is 0 Å². The van der Waals surface area contributed by atoms with Gasteiger partial charge in [-0.05, 0) is 60.3 Å². The van der Waals surface area contributed by atoms with Gasteiger partial charge in [-0.15, -0.1) is 0 Å². The molecular weight excluding hydrogens is 404 g/mol. The topological polar surface area (TPSA) is 111 Å². The molecule has 0 aromatic heterocycles. The van der Waals surface area contributed by atoms with Crippen LogP contribution in [0.4, 0.5) is 0 Å². The van der Waals surface area contributed by atoms with Crippen LogP contribution in [0.3, 0.4) is 0 Å². The molecule has 0 spiro atoms. The average molecular weight is 418 g/mol. The van der Waals surface area contributed by atoms with Crippen molar-refractivity contribution in [3.8, 4) is 11.5 Å². The predicted octanol–water partition coefficient (Wildman–Crippen LogP) is 1.38. The Bertz CT molecular complexity index is 1050. The molecule has 0 bridgehead atoms. The van der Waals surface area contributed by atoms with Gasteiger partial charge in [0.1, 0.15) is 22.0 Å². The van der Waals surface area contributed by atoms with Crippen LogP contribution in [-0.2, 0) is 19.7 Å². The lowest BCUT2D eigenvalue weighted by Crippen LogP contribution is -2.51. The Morgan fingerprint density at radius 1 is 0.893 bits per heavy atom. The summed E-state index contributed by atoms with van der Waals surface area (Å²) in [6.07, 6.45) is 1.36. The third-order valence-corrected chi connectivity index (χ3v) is 5.15. The Hall–Kier alpha value is -3.24. The van der Waals surface area contributed by atoms with Crippen molar-refractivity contribution in [3.63, 3.8) is 0 Å². The summed E-state index contributed by atoms with van der Waals surface area (Å²) in [5, 5.41) is 4.60. The van der Waals surface area contributed by atoms with Gasteiger partial charge in [-0.1, -0.05) is 12.1 Å². The maximum atomic E-state index is 12.3. The van der Waals surface area contributed by atoms with Crippen molar-refractivity contribution >= 4 is 45.3 Å². The lowest BCUT2D eigenvalue weighted by molar-refractivity contribution is -0.123. The summed E-state index contributed by atoms with van der Waals surface area (Å²) in [5.41, 5.74) is 0.385. The predicted molar refractivity (Wildman–Crippen MR) is 104 cm³/mol. The molecule has 1 aliphatic rings. The second-order valence-corrected chi connectivity index (χ2v) is 7.53. The first kappa shape index (κ1) is 19.5. The van der Waals surface area contributed by atoms with Gasteiger partial charge in [0.15, 0.2) is 5.11 Å². The molecule has 0 saturated carbocycles. The van der Waals surface area contributed by atoms with Crippen molar-refractivity contribution in [2.75, 3.05) is 7.11 Å². The lowest BCUT2D eigenvalue weighted by Gasteiger charge is -2.16. The normalized spacial score (nSPS) is 14.2. The number of hydrogen-bond acceptors (Lipinski definition) is 7. The molecule has 2 N–H and O–H groups in total. The number of amides is 2. The maximum Gasteiger partial charge on any atom is 0.339 e. The van der Waals surface area contributed by atoms with Gasteiger partial charge in [0, 0.05) is 0 Å². The number of carbonyl (C=O) groups is 2. The van der Waals surface area contributed by atoms with Gasteiger partial charge < -0.3 is 8.92 Å². The third-order valence-electron chi connectivity index (χ3n) is 3.69. The van der Waals surface area contributed by atoms with Crippen LogP contribution in [0, 0.1) is 0 Å². The van der Waals surface area contributed by atoms with Crippen LogP contribution in [0.5, 0.6) is 11.5 Å². The number of thiocarbonyl (C=S) groups is 1. The van der Waals surface area contributed by atoms with E-state index in [4.69, 9.17) is 21.1 Å². The highest BCUT2D eigenvalue weighted by Gasteiger charge is 2.25. The second-order valence-electron chi connectivity index (χ2n) is 5.58. The molecule has 8 nitrogen and oxygen atoms in total. The Balaban J connectivity index is 1.77. The largest absolute Gasteiger partial charge is 0.497 e. The zero-order valence-electron chi connectivity index (χ0n) is 14.5. The lowest BCUT2D eigenvalue weighted by atomic mass is 10.1. The summed E-state index contributed by atoms with van der Waals surface area (Å²) in [6.45, 7) is 0. The molecule has 0 atom stereocenters. The monoisotopic (exact) mass is 418 g/mol. The minimum atomic E-state index is -4.02. The quantitative estimate of drug-likeness (QED) is 0.327. The smallest absolute Gasteiger partial charge is 0.339 e. The molecule has 0 radical (unpaired) electrons. The van der Waals surface area contributed by atoms with Crippen molar-refractivity contribution in [2.45, 2.75) is 4.90 Å². The fourth-order valence-electron chi connectivity index (χ4n) is 2.31. The van der Waals surface area contributed by atoms with Crippen molar-refractivity contribution < 1.29 is 26.9 Å². The standard InChI is InChI=1S/C18H14N2O6S2/c1-25-12-6-8-14(9-7-12)28(23,24)26-13-4-2-11(3-5-13)10-15-16(21)19-18(27)20-17(15)22/h2-10H,1H3,(H2,19,20,21,22,27). The molecule has 28 heavy (non-hydrogen) atoms. The minimum absolute atomic E-state index is 0.0222. The SMILES string of the molecule is COc1ccc(S(=O)(=O)Oc2ccc(C=C3C(=O)NC(=S)NC3=O)cc2)cc1. The summed E-state index contributed by atoms with van der Waals surface area (Å²) in [4.78, 5) is 23.6. The Morgan fingerprint density at radius 3 is 1.96 bits per heavy atom. The van der Waals surface area contributed by atoms with Crippen LogP contribution in [0.25, 0.3) is 6.08 Å². The summed E-state index contributed by atoms with van der Waals surface area (Å²) < 4.78 is 34.7. The van der Waals surface area contributed by atoms with Crippen LogP contribution in [0.15, 0.2) is 59.0 Å². The Kier molecular flexibility index (Phi) is 5.43. The first-order chi connectivity index (χ1) is 13.3. The van der Waals surface area contributed by atoms with E-state index in [1.165, 1.54) is 61.7 Å². The van der Waals surface area contributed by atoms with Gasteiger partial charge in [-0.2, -0.15) is 8.42 Å². The zero-order valence-corrected chi connectivity index (χ0v) is 16.1. The van der Waals surface area contributed by atoms with Crippen LogP contribution >= 0.6 is 12.2 Å². The highest BCUT2D eigenvalue weighted by molar-refractivity contribution is 7.87. The van der Waals surface area contributed by atoms with Gasteiger partial charge in [-0.3, -0.25) is 20.2 Å². The molecule has 3 rings (SSSR count). The Morgan fingerprint density at radius 2 is 1.43 bits per heavy atom.